The van der Waals surface area contributed by atoms with E-state index in [2.05, 4.69) is 5.32 Å². The Bertz CT molecular complexity index is 377. The van der Waals surface area contributed by atoms with Crippen LogP contribution in [0.15, 0.2) is 0 Å². The van der Waals surface area contributed by atoms with Crippen molar-refractivity contribution in [2.24, 2.45) is 11.8 Å². The fourth-order valence-electron chi connectivity index (χ4n) is 3.23. The summed E-state index contributed by atoms with van der Waals surface area (Å²) < 4.78 is 22.0. The molecular formula is C11H19NO3S. The molecule has 0 unspecified atom stereocenters. The predicted octanol–water partition coefficient (Wildman–Crippen LogP) is 0.726. The van der Waals surface area contributed by atoms with E-state index in [0.29, 0.717) is 5.92 Å². The van der Waals surface area contributed by atoms with Gasteiger partial charge in [0.25, 0.3) is 0 Å². The van der Waals surface area contributed by atoms with Crippen LogP contribution in [0.4, 0.5) is 0 Å². The molecule has 2 rings (SSSR count). The number of rotatable bonds is 3. The van der Waals surface area contributed by atoms with Crippen molar-refractivity contribution in [2.45, 2.75) is 38.1 Å². The monoisotopic (exact) mass is 245 g/mol. The summed E-state index contributed by atoms with van der Waals surface area (Å²) in [5, 5.41) is 2.89. The van der Waals surface area contributed by atoms with Crippen LogP contribution in [-0.4, -0.2) is 32.4 Å². The molecule has 5 heteroatoms. The Hall–Kier alpha value is -0.580. The fraction of sp³-hybridized carbons (Fsp3) is 0.909. The first kappa shape index (κ1) is 11.9. The van der Waals surface area contributed by atoms with Crippen molar-refractivity contribution >= 4 is 15.7 Å². The summed E-state index contributed by atoms with van der Waals surface area (Å²) >= 11 is 0. The summed E-state index contributed by atoms with van der Waals surface area (Å²) in [6.07, 6.45) is 7.03. The molecular weight excluding hydrogens is 226 g/mol. The number of hydrogen-bond donors (Lipinski definition) is 1. The highest BCUT2D eigenvalue weighted by Crippen LogP contribution is 2.43. The van der Waals surface area contributed by atoms with E-state index >= 15 is 0 Å². The van der Waals surface area contributed by atoms with Gasteiger partial charge in [0.15, 0.2) is 9.84 Å². The Kier molecular flexibility index (Phi) is 3.24. The Morgan fingerprint density at radius 3 is 2.69 bits per heavy atom. The standard InChI is InChI=1S/C11H19NO3S/c1-16(14,15)7-11(13)12-10-6-5-8-3-2-4-9(8)10/h8-10H,2-7H2,1H3,(H,12,13)/t8-,9-,10-/m1/s1. The predicted molar refractivity (Wildman–Crippen MR) is 61.7 cm³/mol. The van der Waals surface area contributed by atoms with Crippen molar-refractivity contribution in [1.82, 2.24) is 5.32 Å². The molecule has 2 aliphatic rings. The minimum absolute atomic E-state index is 0.224. The van der Waals surface area contributed by atoms with Gasteiger partial charge in [-0.1, -0.05) is 12.8 Å². The lowest BCUT2D eigenvalue weighted by atomic mass is 9.98. The van der Waals surface area contributed by atoms with Crippen molar-refractivity contribution in [3.8, 4) is 0 Å². The average molecular weight is 245 g/mol. The molecule has 0 spiro atoms. The largest absolute Gasteiger partial charge is 0.352 e. The molecule has 2 aliphatic carbocycles. The highest BCUT2D eigenvalue weighted by molar-refractivity contribution is 7.91. The maximum absolute atomic E-state index is 11.5. The van der Waals surface area contributed by atoms with Crippen LogP contribution in [0, 0.1) is 11.8 Å². The Balaban J connectivity index is 1.88. The molecule has 92 valence electrons. The second-order valence-electron chi connectivity index (χ2n) is 5.18. The summed E-state index contributed by atoms with van der Waals surface area (Å²) in [5.74, 6) is 0.660. The Morgan fingerprint density at radius 2 is 2.00 bits per heavy atom. The highest BCUT2D eigenvalue weighted by atomic mass is 32.2. The summed E-state index contributed by atoms with van der Waals surface area (Å²) in [7, 11) is -3.20. The minimum Gasteiger partial charge on any atom is -0.352 e. The van der Waals surface area contributed by atoms with Crippen molar-refractivity contribution in [2.75, 3.05) is 12.0 Å². The molecule has 16 heavy (non-hydrogen) atoms. The van der Waals surface area contributed by atoms with Crippen LogP contribution >= 0.6 is 0 Å². The van der Waals surface area contributed by atoms with Gasteiger partial charge >= 0.3 is 0 Å². The van der Waals surface area contributed by atoms with Crippen molar-refractivity contribution in [3.63, 3.8) is 0 Å². The van der Waals surface area contributed by atoms with E-state index in [1.807, 2.05) is 0 Å². The van der Waals surface area contributed by atoms with Crippen molar-refractivity contribution in [1.29, 1.82) is 0 Å². The smallest absolute Gasteiger partial charge is 0.235 e. The van der Waals surface area contributed by atoms with Gasteiger partial charge in [-0.2, -0.15) is 0 Å². The van der Waals surface area contributed by atoms with Crippen molar-refractivity contribution in [3.05, 3.63) is 0 Å². The normalized spacial score (nSPS) is 33.7. The van der Waals surface area contributed by atoms with E-state index < -0.39 is 9.84 Å². The van der Waals surface area contributed by atoms with Gasteiger partial charge in [-0.25, -0.2) is 8.42 Å². The first-order valence-corrected chi connectivity index (χ1v) is 7.99. The molecule has 2 fully saturated rings. The van der Waals surface area contributed by atoms with Crippen LogP contribution < -0.4 is 5.32 Å². The maximum atomic E-state index is 11.5. The van der Waals surface area contributed by atoms with E-state index in [4.69, 9.17) is 0 Å². The summed E-state index contributed by atoms with van der Waals surface area (Å²) in [4.78, 5) is 11.5. The third-order valence-electron chi connectivity index (χ3n) is 3.82. The van der Waals surface area contributed by atoms with Crippen LogP contribution in [0.5, 0.6) is 0 Å². The van der Waals surface area contributed by atoms with Gasteiger partial charge in [0.1, 0.15) is 5.75 Å². The van der Waals surface area contributed by atoms with E-state index in [-0.39, 0.29) is 17.7 Å². The lowest BCUT2D eigenvalue weighted by molar-refractivity contribution is -0.119. The van der Waals surface area contributed by atoms with Crippen molar-refractivity contribution < 1.29 is 13.2 Å². The molecule has 0 bridgehead atoms. The van der Waals surface area contributed by atoms with Crippen LogP contribution in [0.25, 0.3) is 0 Å². The number of carbonyl (C=O) groups excluding carboxylic acids is 1. The SMILES string of the molecule is CS(=O)(=O)CC(=O)N[C@@H]1CC[C@H]2CCC[C@H]21. The number of fused-ring (bicyclic) bond motifs is 1. The summed E-state index contributed by atoms with van der Waals surface area (Å²) in [5.41, 5.74) is 0. The van der Waals surface area contributed by atoms with Crippen LogP contribution in [0.1, 0.15) is 32.1 Å². The molecule has 1 N–H and O–H groups in total. The quantitative estimate of drug-likeness (QED) is 0.797. The average Bonchev–Trinajstić information content (AvgIpc) is 2.66. The third-order valence-corrected chi connectivity index (χ3v) is 4.61. The highest BCUT2D eigenvalue weighted by Gasteiger charge is 2.39. The Labute approximate surface area is 96.7 Å². The van der Waals surface area contributed by atoms with Gasteiger partial charge in [-0.3, -0.25) is 4.79 Å². The molecule has 0 aromatic heterocycles. The topological polar surface area (TPSA) is 63.2 Å². The first-order chi connectivity index (χ1) is 7.46. The first-order valence-electron chi connectivity index (χ1n) is 5.93. The number of carbonyl (C=O) groups is 1. The molecule has 0 radical (unpaired) electrons. The molecule has 0 aromatic rings. The van der Waals surface area contributed by atoms with Gasteiger partial charge in [0.2, 0.25) is 5.91 Å². The van der Waals surface area contributed by atoms with Gasteiger partial charge in [-0.15, -0.1) is 0 Å². The number of hydrogen-bond acceptors (Lipinski definition) is 3. The van der Waals surface area contributed by atoms with Gasteiger partial charge in [0.05, 0.1) is 0 Å². The third kappa shape index (κ3) is 2.75. The van der Waals surface area contributed by atoms with Gasteiger partial charge in [-0.05, 0) is 31.1 Å². The van der Waals surface area contributed by atoms with Gasteiger partial charge in [0, 0.05) is 12.3 Å². The lowest BCUT2D eigenvalue weighted by Crippen LogP contribution is -2.40. The second kappa shape index (κ2) is 4.35. The fourth-order valence-corrected chi connectivity index (χ4v) is 3.79. The number of nitrogens with one attached hydrogen (secondary N) is 1. The molecule has 2 saturated carbocycles. The van der Waals surface area contributed by atoms with Gasteiger partial charge < -0.3 is 5.32 Å². The van der Waals surface area contributed by atoms with E-state index in [1.54, 1.807) is 0 Å². The van der Waals surface area contributed by atoms with Crippen LogP contribution in [0.3, 0.4) is 0 Å². The zero-order valence-corrected chi connectivity index (χ0v) is 10.4. The molecule has 0 heterocycles. The molecule has 0 aromatic carbocycles. The molecule has 1 amide bonds. The summed E-state index contributed by atoms with van der Waals surface area (Å²) in [6.45, 7) is 0. The maximum Gasteiger partial charge on any atom is 0.235 e. The molecule has 3 atom stereocenters. The Morgan fingerprint density at radius 1 is 1.25 bits per heavy atom. The number of sulfone groups is 1. The summed E-state index contributed by atoms with van der Waals surface area (Å²) in [6, 6.07) is 0.224. The molecule has 4 nitrogen and oxygen atoms in total. The zero-order valence-electron chi connectivity index (χ0n) is 9.61. The lowest BCUT2D eigenvalue weighted by Gasteiger charge is -2.19. The van der Waals surface area contributed by atoms with Crippen LogP contribution in [-0.2, 0) is 14.6 Å². The van der Waals surface area contributed by atoms with E-state index in [9.17, 15) is 13.2 Å². The molecule has 0 saturated heterocycles. The number of amides is 1. The molecule has 0 aliphatic heterocycles. The van der Waals surface area contributed by atoms with E-state index in [1.165, 1.54) is 25.7 Å². The minimum atomic E-state index is -3.20. The van der Waals surface area contributed by atoms with Crippen LogP contribution in [0.2, 0.25) is 0 Å². The zero-order chi connectivity index (χ0) is 11.8. The second-order valence-corrected chi connectivity index (χ2v) is 7.32. The van der Waals surface area contributed by atoms with E-state index in [0.717, 1.165) is 18.6 Å².